The molecule has 21 heavy (non-hydrogen) atoms. The van der Waals surface area contributed by atoms with Gasteiger partial charge in [-0.05, 0) is 22.9 Å². The van der Waals surface area contributed by atoms with Crippen LogP contribution in [0.5, 0.6) is 0 Å². The van der Waals surface area contributed by atoms with Crippen molar-refractivity contribution < 1.29 is 13.2 Å². The largest absolute Gasteiger partial charge is 0.433 e. The first-order valence-corrected chi connectivity index (χ1v) is 7.26. The van der Waals surface area contributed by atoms with Crippen molar-refractivity contribution in [2.75, 3.05) is 5.32 Å². The third-order valence-corrected chi connectivity index (χ3v) is 3.85. The highest BCUT2D eigenvalue weighted by molar-refractivity contribution is 7.10. The third-order valence-electron chi connectivity index (χ3n) is 2.91. The van der Waals surface area contributed by atoms with Crippen LogP contribution in [0, 0.1) is 5.41 Å². The molecule has 0 aliphatic carbocycles. The van der Waals surface area contributed by atoms with Gasteiger partial charge in [0.1, 0.15) is 5.69 Å². The van der Waals surface area contributed by atoms with E-state index < -0.39 is 11.9 Å². The van der Waals surface area contributed by atoms with Crippen LogP contribution in [-0.4, -0.2) is 9.97 Å². The lowest BCUT2D eigenvalue weighted by Gasteiger charge is -2.30. The molecule has 2 aromatic heterocycles. The summed E-state index contributed by atoms with van der Waals surface area (Å²) < 4.78 is 38.1. The summed E-state index contributed by atoms with van der Waals surface area (Å²) in [6.07, 6.45) is -3.36. The average molecular weight is 315 g/mol. The van der Waals surface area contributed by atoms with Crippen molar-refractivity contribution in [3.05, 3.63) is 40.3 Å². The molecule has 0 aliphatic heterocycles. The summed E-state index contributed by atoms with van der Waals surface area (Å²) in [7, 11) is 0. The number of hydrogen-bond donors (Lipinski definition) is 1. The maximum absolute atomic E-state index is 12.7. The van der Waals surface area contributed by atoms with Crippen LogP contribution >= 0.6 is 11.3 Å². The number of anilines is 1. The molecule has 0 aromatic carbocycles. The molecule has 0 spiro atoms. The number of rotatable bonds is 3. The molecule has 2 rings (SSSR count). The Balaban J connectivity index is 2.30. The molecule has 7 heteroatoms. The smallest absolute Gasteiger partial charge is 0.346 e. The molecular weight excluding hydrogens is 299 g/mol. The van der Waals surface area contributed by atoms with Crippen molar-refractivity contribution in [3.63, 3.8) is 0 Å². The summed E-state index contributed by atoms with van der Waals surface area (Å²) in [5.41, 5.74) is -1.14. The molecule has 1 N–H and O–H groups in total. The van der Waals surface area contributed by atoms with E-state index in [1.165, 1.54) is 0 Å². The predicted octanol–water partition coefficient (Wildman–Crippen LogP) is 4.76. The van der Waals surface area contributed by atoms with Gasteiger partial charge < -0.3 is 5.32 Å². The van der Waals surface area contributed by atoms with Gasteiger partial charge in [0.15, 0.2) is 0 Å². The molecule has 0 fully saturated rings. The molecule has 1 unspecified atom stereocenters. The quantitative estimate of drug-likeness (QED) is 0.887. The second-order valence-electron chi connectivity index (χ2n) is 5.72. The molecule has 0 saturated carbocycles. The number of nitrogens with one attached hydrogen (secondary N) is 1. The van der Waals surface area contributed by atoms with E-state index in [9.17, 15) is 13.2 Å². The number of thiophene rings is 1. The van der Waals surface area contributed by atoms with Crippen LogP contribution in [0.2, 0.25) is 0 Å². The molecule has 2 heterocycles. The van der Waals surface area contributed by atoms with E-state index in [1.54, 1.807) is 11.3 Å². The van der Waals surface area contributed by atoms with Crippen LogP contribution in [-0.2, 0) is 6.18 Å². The van der Waals surface area contributed by atoms with Crippen LogP contribution in [0.15, 0.2) is 29.8 Å². The van der Waals surface area contributed by atoms with E-state index in [1.807, 2.05) is 38.3 Å². The molecule has 114 valence electrons. The Morgan fingerprint density at radius 2 is 1.90 bits per heavy atom. The Morgan fingerprint density at radius 3 is 2.43 bits per heavy atom. The fourth-order valence-electron chi connectivity index (χ4n) is 1.89. The minimum Gasteiger partial charge on any atom is -0.346 e. The minimum atomic E-state index is -4.47. The zero-order chi connectivity index (χ0) is 15.7. The zero-order valence-electron chi connectivity index (χ0n) is 11.9. The monoisotopic (exact) mass is 315 g/mol. The molecule has 1 atom stereocenters. The number of aromatic nitrogens is 2. The fourth-order valence-corrected chi connectivity index (χ4v) is 2.91. The summed E-state index contributed by atoms with van der Waals surface area (Å²) in [6.45, 7) is 6.04. The SMILES string of the molecule is CC(C)(C)C(Nc1nccc(C(F)(F)F)n1)c1cccs1. The number of hydrogen-bond acceptors (Lipinski definition) is 4. The lowest BCUT2D eigenvalue weighted by atomic mass is 9.86. The molecule has 0 radical (unpaired) electrons. The molecule has 2 aromatic rings. The average Bonchev–Trinajstić information content (AvgIpc) is 2.87. The Kier molecular flexibility index (Phi) is 4.22. The first-order valence-electron chi connectivity index (χ1n) is 6.38. The molecule has 0 amide bonds. The normalized spacial score (nSPS) is 14.0. The lowest BCUT2D eigenvalue weighted by molar-refractivity contribution is -0.141. The van der Waals surface area contributed by atoms with Crippen molar-refractivity contribution in [1.29, 1.82) is 0 Å². The van der Waals surface area contributed by atoms with Crippen molar-refractivity contribution in [2.24, 2.45) is 5.41 Å². The predicted molar refractivity (Wildman–Crippen MR) is 77.2 cm³/mol. The van der Waals surface area contributed by atoms with Crippen LogP contribution in [0.25, 0.3) is 0 Å². The van der Waals surface area contributed by atoms with Crippen LogP contribution in [0.4, 0.5) is 19.1 Å². The van der Waals surface area contributed by atoms with Crippen molar-refractivity contribution in [2.45, 2.75) is 33.0 Å². The van der Waals surface area contributed by atoms with Crippen LogP contribution < -0.4 is 5.32 Å². The van der Waals surface area contributed by atoms with Crippen molar-refractivity contribution in [1.82, 2.24) is 9.97 Å². The number of alkyl halides is 3. The summed E-state index contributed by atoms with van der Waals surface area (Å²) in [4.78, 5) is 8.49. The third kappa shape index (κ3) is 3.93. The van der Waals surface area contributed by atoms with Crippen LogP contribution in [0.1, 0.15) is 37.4 Å². The van der Waals surface area contributed by atoms with Crippen molar-refractivity contribution in [3.8, 4) is 0 Å². The van der Waals surface area contributed by atoms with E-state index >= 15 is 0 Å². The van der Waals surface area contributed by atoms with Gasteiger partial charge in [-0.1, -0.05) is 26.8 Å². The Labute approximate surface area is 125 Å². The summed E-state index contributed by atoms with van der Waals surface area (Å²) in [5.74, 6) is -0.0156. The highest BCUT2D eigenvalue weighted by Crippen LogP contribution is 2.37. The number of nitrogens with zero attached hydrogens (tertiary/aromatic N) is 2. The van der Waals surface area contributed by atoms with Crippen molar-refractivity contribution >= 4 is 17.3 Å². The molecule has 0 bridgehead atoms. The molecule has 3 nitrogen and oxygen atoms in total. The number of halogens is 3. The fraction of sp³-hybridized carbons (Fsp3) is 0.429. The van der Waals surface area contributed by atoms with Gasteiger partial charge in [-0.3, -0.25) is 0 Å². The Bertz CT molecular complexity index is 588. The van der Waals surface area contributed by atoms with E-state index in [-0.39, 0.29) is 17.4 Å². The Hall–Kier alpha value is -1.63. The molecule has 0 aliphatic rings. The van der Waals surface area contributed by atoms with E-state index in [4.69, 9.17) is 0 Å². The molecular formula is C14H16F3N3S. The van der Waals surface area contributed by atoms with Gasteiger partial charge in [0, 0.05) is 11.1 Å². The van der Waals surface area contributed by atoms with Gasteiger partial charge in [0.05, 0.1) is 6.04 Å². The Morgan fingerprint density at radius 1 is 1.19 bits per heavy atom. The van der Waals surface area contributed by atoms with Crippen LogP contribution in [0.3, 0.4) is 0 Å². The topological polar surface area (TPSA) is 37.8 Å². The minimum absolute atomic E-state index is 0.0156. The maximum Gasteiger partial charge on any atom is 0.433 e. The molecule has 0 saturated heterocycles. The standard InChI is InChI=1S/C14H16F3N3S/c1-13(2,3)11(9-5-4-8-21-9)20-12-18-7-6-10(19-12)14(15,16)17/h4-8,11H,1-3H3,(H,18,19,20). The maximum atomic E-state index is 12.7. The first kappa shape index (κ1) is 15.8. The first-order chi connectivity index (χ1) is 9.68. The van der Waals surface area contributed by atoms with Gasteiger partial charge in [-0.25, -0.2) is 9.97 Å². The van der Waals surface area contributed by atoms with Gasteiger partial charge in [-0.2, -0.15) is 13.2 Å². The van der Waals surface area contributed by atoms with Gasteiger partial charge in [0.2, 0.25) is 5.95 Å². The van der Waals surface area contributed by atoms with E-state index in [2.05, 4.69) is 15.3 Å². The van der Waals surface area contributed by atoms with E-state index in [0.717, 1.165) is 17.1 Å². The van der Waals surface area contributed by atoms with Gasteiger partial charge >= 0.3 is 6.18 Å². The summed E-state index contributed by atoms with van der Waals surface area (Å²) >= 11 is 1.55. The highest BCUT2D eigenvalue weighted by Gasteiger charge is 2.33. The summed E-state index contributed by atoms with van der Waals surface area (Å²) in [6, 6.07) is 4.55. The lowest BCUT2D eigenvalue weighted by Crippen LogP contribution is -2.26. The van der Waals surface area contributed by atoms with E-state index in [0.29, 0.717) is 0 Å². The van der Waals surface area contributed by atoms with Gasteiger partial charge in [-0.15, -0.1) is 11.3 Å². The second kappa shape index (κ2) is 5.63. The van der Waals surface area contributed by atoms with Gasteiger partial charge in [0.25, 0.3) is 0 Å². The zero-order valence-corrected chi connectivity index (χ0v) is 12.7. The second-order valence-corrected chi connectivity index (χ2v) is 6.70. The highest BCUT2D eigenvalue weighted by atomic mass is 32.1. The summed E-state index contributed by atoms with van der Waals surface area (Å²) in [5, 5.41) is 4.96.